The lowest BCUT2D eigenvalue weighted by Crippen LogP contribution is -2.36. The van der Waals surface area contributed by atoms with Gasteiger partial charge in [0.15, 0.2) is 11.3 Å². The van der Waals surface area contributed by atoms with Gasteiger partial charge < -0.3 is 9.32 Å². The van der Waals surface area contributed by atoms with E-state index in [9.17, 15) is 13.2 Å². The van der Waals surface area contributed by atoms with Crippen LogP contribution in [-0.4, -0.2) is 38.4 Å². The highest BCUT2D eigenvalue weighted by atomic mass is 32.2. The molecule has 1 fully saturated rings. The quantitative estimate of drug-likeness (QED) is 0.537. The van der Waals surface area contributed by atoms with Crippen molar-refractivity contribution >= 4 is 32.6 Å². The van der Waals surface area contributed by atoms with Crippen LogP contribution in [0.1, 0.15) is 59.0 Å². The fraction of sp³-hybridized carbons (Fsp3) is 0.423. The maximum Gasteiger partial charge on any atom is 0.289 e. The molecule has 0 spiro atoms. The van der Waals surface area contributed by atoms with Crippen LogP contribution in [0.5, 0.6) is 0 Å². The van der Waals surface area contributed by atoms with Crippen molar-refractivity contribution in [2.45, 2.75) is 64.3 Å². The van der Waals surface area contributed by atoms with Gasteiger partial charge in [-0.3, -0.25) is 9.10 Å². The summed E-state index contributed by atoms with van der Waals surface area (Å²) in [5.74, 6) is 0.102. The van der Waals surface area contributed by atoms with E-state index < -0.39 is 10.0 Å². The molecule has 1 atom stereocenters. The van der Waals surface area contributed by atoms with Crippen LogP contribution in [0.3, 0.4) is 0 Å². The summed E-state index contributed by atoms with van der Waals surface area (Å²) < 4.78 is 36.0. The number of furan rings is 1. The average molecular weight is 467 g/mol. The van der Waals surface area contributed by atoms with Gasteiger partial charge in [-0.05, 0) is 82.2 Å². The van der Waals surface area contributed by atoms with Gasteiger partial charge in [-0.15, -0.1) is 0 Å². The molecular weight excluding hydrogens is 436 g/mol. The number of carbonyl (C=O) groups is 1. The Kier molecular flexibility index (Phi) is 5.27. The fourth-order valence-electron chi connectivity index (χ4n) is 5.30. The minimum Gasteiger partial charge on any atom is -0.449 e. The Labute approximate surface area is 195 Å². The minimum atomic E-state index is -3.92. The van der Waals surface area contributed by atoms with Crippen molar-refractivity contribution in [1.29, 1.82) is 0 Å². The van der Waals surface area contributed by atoms with Crippen molar-refractivity contribution in [2.75, 3.05) is 17.4 Å². The molecule has 0 radical (unpaired) electrons. The van der Waals surface area contributed by atoms with E-state index in [2.05, 4.69) is 0 Å². The highest BCUT2D eigenvalue weighted by Gasteiger charge is 2.39. The lowest BCUT2D eigenvalue weighted by molar-refractivity contribution is 0.0693. The number of aryl methyl sites for hydroxylation is 2. The monoisotopic (exact) mass is 466 g/mol. The number of hydrogen-bond donors (Lipinski definition) is 0. The van der Waals surface area contributed by atoms with Crippen LogP contribution in [0.15, 0.2) is 39.6 Å². The van der Waals surface area contributed by atoms with Gasteiger partial charge in [0.25, 0.3) is 15.9 Å². The van der Waals surface area contributed by atoms with Crippen LogP contribution in [0.2, 0.25) is 0 Å². The predicted octanol–water partition coefficient (Wildman–Crippen LogP) is 5.12. The molecule has 2 aromatic carbocycles. The van der Waals surface area contributed by atoms with E-state index in [1.807, 2.05) is 62.9 Å². The topological polar surface area (TPSA) is 70.8 Å². The molecule has 2 aliphatic heterocycles. The summed E-state index contributed by atoms with van der Waals surface area (Å²) in [7, 11) is -3.92. The number of rotatable bonds is 3. The van der Waals surface area contributed by atoms with Crippen LogP contribution in [0, 0.1) is 20.8 Å². The molecule has 1 amide bonds. The van der Waals surface area contributed by atoms with Gasteiger partial charge in [0, 0.05) is 30.1 Å². The van der Waals surface area contributed by atoms with Crippen molar-refractivity contribution in [3.63, 3.8) is 0 Å². The Morgan fingerprint density at radius 3 is 2.45 bits per heavy atom. The SMILES string of the molecule is Cc1cc2c(C)c(C(=O)N3CCCCC3)oc2c(S(=O)(=O)N2c3ccccc3C[C@@H]2C)c1C. The smallest absolute Gasteiger partial charge is 0.289 e. The van der Waals surface area contributed by atoms with E-state index in [0.29, 0.717) is 41.7 Å². The van der Waals surface area contributed by atoms with Gasteiger partial charge >= 0.3 is 0 Å². The largest absolute Gasteiger partial charge is 0.449 e. The summed E-state index contributed by atoms with van der Waals surface area (Å²) in [6, 6.07) is 9.38. The van der Waals surface area contributed by atoms with Gasteiger partial charge in [-0.25, -0.2) is 8.42 Å². The minimum absolute atomic E-state index is 0.151. The zero-order valence-electron chi connectivity index (χ0n) is 19.6. The zero-order valence-corrected chi connectivity index (χ0v) is 20.5. The molecule has 174 valence electrons. The molecule has 7 heteroatoms. The third kappa shape index (κ3) is 3.36. The van der Waals surface area contributed by atoms with Gasteiger partial charge in [0.2, 0.25) is 0 Å². The number of anilines is 1. The number of fused-ring (bicyclic) bond motifs is 2. The number of piperidine rings is 1. The molecule has 0 N–H and O–H groups in total. The third-order valence-electron chi connectivity index (χ3n) is 7.19. The molecule has 0 unspecified atom stereocenters. The molecule has 3 aromatic rings. The first-order valence-corrected chi connectivity index (χ1v) is 13.1. The van der Waals surface area contributed by atoms with Crippen LogP contribution >= 0.6 is 0 Å². The Morgan fingerprint density at radius 1 is 1.03 bits per heavy atom. The van der Waals surface area contributed by atoms with Crippen molar-refractivity contribution < 1.29 is 17.6 Å². The molecule has 0 aliphatic carbocycles. The molecule has 5 rings (SSSR count). The number of para-hydroxylation sites is 1. The Hall–Kier alpha value is -2.80. The Morgan fingerprint density at radius 2 is 1.73 bits per heavy atom. The highest BCUT2D eigenvalue weighted by Crippen LogP contribution is 2.41. The third-order valence-corrected chi connectivity index (χ3v) is 9.27. The van der Waals surface area contributed by atoms with Crippen LogP contribution in [0.25, 0.3) is 11.0 Å². The number of nitrogens with zero attached hydrogens (tertiary/aromatic N) is 2. The lowest BCUT2D eigenvalue weighted by atomic mass is 10.0. The Bertz CT molecular complexity index is 1370. The van der Waals surface area contributed by atoms with Crippen LogP contribution < -0.4 is 4.31 Å². The van der Waals surface area contributed by atoms with Gasteiger partial charge in [0.1, 0.15) is 4.90 Å². The van der Waals surface area contributed by atoms with E-state index in [1.54, 1.807) is 0 Å². The molecule has 0 bridgehead atoms. The number of benzene rings is 2. The van der Waals surface area contributed by atoms with E-state index in [1.165, 1.54) is 4.31 Å². The summed E-state index contributed by atoms with van der Waals surface area (Å²) in [5, 5.41) is 0.692. The van der Waals surface area contributed by atoms with Gasteiger partial charge in [-0.2, -0.15) is 0 Å². The molecule has 1 saturated heterocycles. The number of carbonyl (C=O) groups excluding carboxylic acids is 1. The summed E-state index contributed by atoms with van der Waals surface area (Å²) in [6.45, 7) is 8.92. The first-order valence-electron chi connectivity index (χ1n) is 11.7. The summed E-state index contributed by atoms with van der Waals surface area (Å²) in [6.07, 6.45) is 3.75. The first-order chi connectivity index (χ1) is 15.7. The maximum atomic E-state index is 14.2. The highest BCUT2D eigenvalue weighted by molar-refractivity contribution is 7.93. The molecular formula is C26H30N2O4S. The van der Waals surface area contributed by atoms with Crippen molar-refractivity contribution in [2.24, 2.45) is 0 Å². The predicted molar refractivity (Wildman–Crippen MR) is 129 cm³/mol. The van der Waals surface area contributed by atoms with E-state index in [-0.39, 0.29) is 28.2 Å². The normalized spacial score (nSPS) is 18.7. The molecule has 33 heavy (non-hydrogen) atoms. The zero-order chi connectivity index (χ0) is 23.5. The lowest BCUT2D eigenvalue weighted by Gasteiger charge is -2.26. The molecule has 0 saturated carbocycles. The number of amides is 1. The number of hydrogen-bond acceptors (Lipinski definition) is 4. The van der Waals surface area contributed by atoms with Crippen LogP contribution in [-0.2, 0) is 16.4 Å². The second-order valence-corrected chi connectivity index (χ2v) is 11.2. The van der Waals surface area contributed by atoms with E-state index >= 15 is 0 Å². The summed E-state index contributed by atoms with van der Waals surface area (Å²) in [5.41, 5.74) is 4.24. The summed E-state index contributed by atoms with van der Waals surface area (Å²) in [4.78, 5) is 15.3. The number of sulfonamides is 1. The standard InChI is InChI=1S/C26H30N2O4S/c1-16-14-21-19(4)23(26(29)27-12-8-5-9-13-27)32-24(21)25(18(16)3)33(30,31)28-17(2)15-20-10-6-7-11-22(20)28/h6-7,10-11,14,17H,5,8-9,12-13,15H2,1-4H3/t17-/m0/s1. The molecule has 3 heterocycles. The van der Waals surface area contributed by atoms with Crippen molar-refractivity contribution in [3.05, 3.63) is 58.3 Å². The van der Waals surface area contributed by atoms with Crippen LogP contribution in [0.4, 0.5) is 5.69 Å². The second kappa shape index (κ2) is 7.90. The van der Waals surface area contributed by atoms with E-state index in [0.717, 1.165) is 30.4 Å². The van der Waals surface area contributed by atoms with Crippen molar-refractivity contribution in [1.82, 2.24) is 4.90 Å². The fourth-order valence-corrected chi connectivity index (χ4v) is 7.42. The second-order valence-electron chi connectivity index (χ2n) is 9.42. The van der Waals surface area contributed by atoms with Gasteiger partial charge in [0.05, 0.1) is 5.69 Å². The Balaban J connectivity index is 1.70. The van der Waals surface area contributed by atoms with Crippen molar-refractivity contribution in [3.8, 4) is 0 Å². The first kappa shape index (κ1) is 22.0. The molecule has 6 nitrogen and oxygen atoms in total. The maximum absolute atomic E-state index is 14.2. The van der Waals surface area contributed by atoms with E-state index in [4.69, 9.17) is 4.42 Å². The molecule has 1 aromatic heterocycles. The number of likely N-dealkylation sites (tertiary alicyclic amines) is 1. The molecule has 2 aliphatic rings. The van der Waals surface area contributed by atoms with Gasteiger partial charge in [-0.1, -0.05) is 18.2 Å². The average Bonchev–Trinajstić information content (AvgIpc) is 3.30. The summed E-state index contributed by atoms with van der Waals surface area (Å²) >= 11 is 0.